The van der Waals surface area contributed by atoms with E-state index in [2.05, 4.69) is 25.7 Å². The lowest BCUT2D eigenvalue weighted by Crippen LogP contribution is -2.32. The highest BCUT2D eigenvalue weighted by molar-refractivity contribution is 9.10. The molecule has 0 amide bonds. The van der Waals surface area contributed by atoms with Gasteiger partial charge in [0, 0.05) is 7.05 Å². The second-order valence-electron chi connectivity index (χ2n) is 4.24. The molecule has 22 heavy (non-hydrogen) atoms. The van der Waals surface area contributed by atoms with Crippen LogP contribution in [0.15, 0.2) is 14.3 Å². The van der Waals surface area contributed by atoms with Crippen LogP contribution in [-0.4, -0.2) is 31.2 Å². The average molecular weight is 385 g/mol. The fourth-order valence-electron chi connectivity index (χ4n) is 1.69. The molecular formula is C10H8BrF3N4O4. The number of ether oxygens (including phenoxy) is 1. The maximum absolute atomic E-state index is 12.0. The Hall–Kier alpha value is -2.11. The lowest BCUT2D eigenvalue weighted by Gasteiger charge is -2.09. The van der Waals surface area contributed by atoms with Crippen molar-refractivity contribution in [3.8, 4) is 0 Å². The first-order valence-corrected chi connectivity index (χ1v) is 6.47. The van der Waals surface area contributed by atoms with Crippen molar-refractivity contribution in [3.63, 3.8) is 0 Å². The number of halogens is 4. The van der Waals surface area contributed by atoms with Crippen molar-refractivity contribution in [1.82, 2.24) is 19.1 Å². The molecule has 1 N–H and O–H groups in total. The lowest BCUT2D eigenvalue weighted by atomic mass is 10.4. The van der Waals surface area contributed by atoms with E-state index in [0.717, 1.165) is 4.57 Å². The minimum absolute atomic E-state index is 0.00153. The van der Waals surface area contributed by atoms with Gasteiger partial charge < -0.3 is 9.30 Å². The van der Waals surface area contributed by atoms with E-state index in [1.165, 1.54) is 11.6 Å². The molecule has 2 aromatic heterocycles. The molecule has 0 aliphatic carbocycles. The van der Waals surface area contributed by atoms with Crippen LogP contribution in [0.2, 0.25) is 0 Å². The molecule has 0 fully saturated rings. The summed E-state index contributed by atoms with van der Waals surface area (Å²) in [5, 5.41) is 0. The van der Waals surface area contributed by atoms with Crippen LogP contribution in [-0.2, 0) is 23.3 Å². The quantitative estimate of drug-likeness (QED) is 0.618. The second kappa shape index (κ2) is 5.59. The second-order valence-corrected chi connectivity index (χ2v) is 4.95. The highest BCUT2D eigenvalue weighted by atomic mass is 79.9. The van der Waals surface area contributed by atoms with Crippen LogP contribution in [0.3, 0.4) is 0 Å². The number of aromatic nitrogens is 4. The minimum Gasteiger partial charge on any atom is -0.443 e. The van der Waals surface area contributed by atoms with Gasteiger partial charge in [-0.15, -0.1) is 0 Å². The third-order valence-corrected chi connectivity index (χ3v) is 3.37. The predicted octanol–water partition coefficient (Wildman–Crippen LogP) is 0.639. The van der Waals surface area contributed by atoms with Gasteiger partial charge in [0.2, 0.25) is 0 Å². The zero-order chi connectivity index (χ0) is 16.7. The van der Waals surface area contributed by atoms with Crippen molar-refractivity contribution in [1.29, 1.82) is 0 Å². The largest absolute Gasteiger partial charge is 0.443 e. The molecule has 0 aliphatic rings. The van der Waals surface area contributed by atoms with Gasteiger partial charge in [0.05, 0.1) is 0 Å². The summed E-state index contributed by atoms with van der Waals surface area (Å²) in [6, 6.07) is 0. The fraction of sp³-hybridized carbons (Fsp3) is 0.400. The normalized spacial score (nSPS) is 11.9. The maximum atomic E-state index is 12.0. The Bertz CT molecular complexity index is 851. The van der Waals surface area contributed by atoms with E-state index in [4.69, 9.17) is 0 Å². The molecule has 2 rings (SSSR count). The van der Waals surface area contributed by atoms with Gasteiger partial charge in [-0.05, 0) is 15.9 Å². The van der Waals surface area contributed by atoms with Gasteiger partial charge in [-0.3, -0.25) is 14.6 Å². The molecule has 0 aliphatic heterocycles. The fourth-order valence-corrected chi connectivity index (χ4v) is 2.04. The number of rotatable bonds is 3. The predicted molar refractivity (Wildman–Crippen MR) is 70.1 cm³/mol. The average Bonchev–Trinajstić information content (AvgIpc) is 2.63. The topological polar surface area (TPSA) is 99.0 Å². The van der Waals surface area contributed by atoms with Gasteiger partial charge in [-0.25, -0.2) is 14.3 Å². The standard InChI is InChI=1S/C10H8BrF3N4O4/c1-17-5-6(15-8(17)11)18(9(21)16-7(5)20)3-22-4(19)2-10(12,13)14/h2-3H2,1H3,(H,16,20,21). The first kappa shape index (κ1) is 16.3. The number of aryl methyl sites for hydroxylation is 1. The van der Waals surface area contributed by atoms with Crippen LogP contribution < -0.4 is 11.2 Å². The van der Waals surface area contributed by atoms with Crippen LogP contribution in [0.4, 0.5) is 13.2 Å². The number of hydrogen-bond donors (Lipinski definition) is 1. The summed E-state index contributed by atoms with van der Waals surface area (Å²) >= 11 is 3.05. The van der Waals surface area contributed by atoms with Gasteiger partial charge in [-0.2, -0.15) is 13.2 Å². The Morgan fingerprint density at radius 1 is 1.41 bits per heavy atom. The van der Waals surface area contributed by atoms with Crippen LogP contribution in [0.5, 0.6) is 0 Å². The molecule has 8 nitrogen and oxygen atoms in total. The van der Waals surface area contributed by atoms with E-state index in [9.17, 15) is 27.6 Å². The summed E-state index contributed by atoms with van der Waals surface area (Å²) < 4.78 is 42.8. The molecule has 12 heteroatoms. The number of aromatic amines is 1. The molecule has 2 aromatic rings. The molecule has 0 spiro atoms. The first-order chi connectivity index (χ1) is 10.1. The number of H-pyrrole nitrogens is 1. The number of hydrogen-bond acceptors (Lipinski definition) is 5. The number of carbonyl (C=O) groups is 1. The van der Waals surface area contributed by atoms with Gasteiger partial charge in [0.1, 0.15) is 6.42 Å². The Kier molecular flexibility index (Phi) is 4.13. The summed E-state index contributed by atoms with van der Waals surface area (Å²) in [4.78, 5) is 40.3. The summed E-state index contributed by atoms with van der Waals surface area (Å²) in [7, 11) is 1.49. The molecular weight excluding hydrogens is 377 g/mol. The van der Waals surface area contributed by atoms with Crippen molar-refractivity contribution >= 4 is 33.1 Å². The van der Waals surface area contributed by atoms with E-state index >= 15 is 0 Å². The van der Waals surface area contributed by atoms with Gasteiger partial charge in [-0.1, -0.05) is 0 Å². The van der Waals surface area contributed by atoms with Crippen molar-refractivity contribution in [2.75, 3.05) is 0 Å². The smallest absolute Gasteiger partial charge is 0.399 e. The zero-order valence-corrected chi connectivity index (χ0v) is 12.5. The third-order valence-electron chi connectivity index (χ3n) is 2.66. The lowest BCUT2D eigenvalue weighted by molar-refractivity contribution is -0.174. The SMILES string of the molecule is Cn1c(Br)nc2c1c(=O)[nH]c(=O)n2COC(=O)CC(F)(F)F. The van der Waals surface area contributed by atoms with Crippen molar-refractivity contribution in [3.05, 3.63) is 25.6 Å². The van der Waals surface area contributed by atoms with Crippen molar-refractivity contribution in [2.24, 2.45) is 7.05 Å². The van der Waals surface area contributed by atoms with Crippen LogP contribution >= 0.6 is 15.9 Å². The number of alkyl halides is 3. The Labute approximate surface area is 127 Å². The van der Waals surface area contributed by atoms with E-state index in [-0.39, 0.29) is 15.9 Å². The Morgan fingerprint density at radius 3 is 2.64 bits per heavy atom. The molecule has 0 aromatic carbocycles. The number of nitrogens with zero attached hydrogens (tertiary/aromatic N) is 3. The first-order valence-electron chi connectivity index (χ1n) is 5.67. The molecule has 2 heterocycles. The number of imidazole rings is 1. The van der Waals surface area contributed by atoms with Crippen molar-refractivity contribution < 1.29 is 22.7 Å². The Morgan fingerprint density at radius 2 is 2.05 bits per heavy atom. The number of carbonyl (C=O) groups excluding carboxylic acids is 1. The summed E-state index contributed by atoms with van der Waals surface area (Å²) in [6.45, 7) is -0.801. The maximum Gasteiger partial charge on any atom is 0.399 e. The van der Waals surface area contributed by atoms with Crippen LogP contribution in [0, 0.1) is 0 Å². The molecule has 120 valence electrons. The zero-order valence-electron chi connectivity index (χ0n) is 10.9. The van der Waals surface area contributed by atoms with E-state index in [0.29, 0.717) is 0 Å². The number of nitrogens with one attached hydrogen (secondary N) is 1. The Balaban J connectivity index is 2.36. The van der Waals surface area contributed by atoms with E-state index in [1.54, 1.807) is 0 Å². The summed E-state index contributed by atoms with van der Waals surface area (Å²) in [5.41, 5.74) is -1.80. The van der Waals surface area contributed by atoms with E-state index in [1.807, 2.05) is 4.98 Å². The number of fused-ring (bicyclic) bond motifs is 1. The van der Waals surface area contributed by atoms with Crippen LogP contribution in [0.1, 0.15) is 6.42 Å². The van der Waals surface area contributed by atoms with Crippen molar-refractivity contribution in [2.45, 2.75) is 19.3 Å². The molecule has 0 radical (unpaired) electrons. The number of esters is 1. The molecule has 0 atom stereocenters. The van der Waals surface area contributed by atoms with Crippen LogP contribution in [0.25, 0.3) is 11.2 Å². The molecule has 0 saturated carbocycles. The van der Waals surface area contributed by atoms with Gasteiger partial charge in [0.15, 0.2) is 22.6 Å². The molecule has 0 bridgehead atoms. The highest BCUT2D eigenvalue weighted by Crippen LogP contribution is 2.20. The molecule has 0 saturated heterocycles. The summed E-state index contributed by atoms with van der Waals surface area (Å²) in [5.74, 6) is -1.55. The molecule has 0 unspecified atom stereocenters. The minimum atomic E-state index is -4.71. The van der Waals surface area contributed by atoms with Gasteiger partial charge >= 0.3 is 17.8 Å². The monoisotopic (exact) mass is 384 g/mol. The highest BCUT2D eigenvalue weighted by Gasteiger charge is 2.32. The van der Waals surface area contributed by atoms with E-state index < -0.39 is 36.5 Å². The third kappa shape index (κ3) is 3.21. The summed E-state index contributed by atoms with van der Waals surface area (Å²) in [6.07, 6.45) is -6.49. The van der Waals surface area contributed by atoms with Gasteiger partial charge in [0.25, 0.3) is 5.56 Å².